The van der Waals surface area contributed by atoms with E-state index in [1.807, 2.05) is 36.4 Å². The molecule has 6 heteroatoms. The first-order valence-electron chi connectivity index (χ1n) is 6.00. The van der Waals surface area contributed by atoms with E-state index in [9.17, 15) is 0 Å². The lowest BCUT2D eigenvalue weighted by molar-refractivity contribution is 0.385. The number of hydrogen-bond donors (Lipinski definition) is 1. The van der Waals surface area contributed by atoms with Gasteiger partial charge in [0.1, 0.15) is 5.69 Å². The number of aromatic nitrogens is 3. The molecule has 0 atom stereocenters. The van der Waals surface area contributed by atoms with Gasteiger partial charge >= 0.3 is 0 Å². The molecule has 0 aliphatic carbocycles. The van der Waals surface area contributed by atoms with E-state index >= 15 is 0 Å². The zero-order chi connectivity index (χ0) is 13.9. The fourth-order valence-corrected chi connectivity index (χ4v) is 2.03. The molecule has 0 fully saturated rings. The maximum absolute atomic E-state index is 5.90. The van der Waals surface area contributed by atoms with Crippen LogP contribution in [0.3, 0.4) is 0 Å². The Morgan fingerprint density at radius 2 is 2.00 bits per heavy atom. The summed E-state index contributed by atoms with van der Waals surface area (Å²) < 4.78 is 6.14. The number of hydrogen-bond acceptors (Lipinski definition) is 5. The number of nitrogens with two attached hydrogens (primary N) is 1. The summed E-state index contributed by atoms with van der Waals surface area (Å²) >= 11 is 3.33. The van der Waals surface area contributed by atoms with Gasteiger partial charge in [0.2, 0.25) is 11.7 Å². The number of para-hydroxylation sites is 1. The summed E-state index contributed by atoms with van der Waals surface area (Å²) in [6, 6.07) is 11.3. The molecule has 5 nitrogen and oxygen atoms in total. The molecule has 0 radical (unpaired) electrons. The third-order valence-corrected chi connectivity index (χ3v) is 3.29. The summed E-state index contributed by atoms with van der Waals surface area (Å²) in [5, 5.41) is 3.94. The normalized spacial score (nSPS) is 10.7. The van der Waals surface area contributed by atoms with E-state index in [1.165, 1.54) is 0 Å². The number of nitrogen functional groups attached to an aromatic ring is 1. The van der Waals surface area contributed by atoms with Gasteiger partial charge in [0.25, 0.3) is 0 Å². The first kappa shape index (κ1) is 12.8. The SMILES string of the molecule is Nc1ccccc1Cc1nc(-c2ccc(Br)cn2)no1. The van der Waals surface area contributed by atoms with E-state index in [0.29, 0.717) is 29.5 Å². The second-order valence-corrected chi connectivity index (χ2v) is 5.16. The number of nitrogens with zero attached hydrogens (tertiary/aromatic N) is 3. The molecule has 0 amide bonds. The third-order valence-electron chi connectivity index (χ3n) is 2.82. The molecule has 20 heavy (non-hydrogen) atoms. The quantitative estimate of drug-likeness (QED) is 0.746. The summed E-state index contributed by atoms with van der Waals surface area (Å²) in [5.74, 6) is 0.990. The van der Waals surface area contributed by atoms with Crippen molar-refractivity contribution in [1.82, 2.24) is 15.1 Å². The molecule has 0 aliphatic rings. The molecule has 0 aliphatic heterocycles. The van der Waals surface area contributed by atoms with E-state index < -0.39 is 0 Å². The Morgan fingerprint density at radius 3 is 2.75 bits per heavy atom. The first-order chi connectivity index (χ1) is 9.72. The second kappa shape index (κ2) is 5.42. The van der Waals surface area contributed by atoms with E-state index in [4.69, 9.17) is 10.3 Å². The Labute approximate surface area is 124 Å². The highest BCUT2D eigenvalue weighted by Gasteiger charge is 2.11. The van der Waals surface area contributed by atoms with Gasteiger partial charge in [-0.25, -0.2) is 0 Å². The van der Waals surface area contributed by atoms with Gasteiger partial charge in [-0.3, -0.25) is 4.98 Å². The van der Waals surface area contributed by atoms with Crippen LogP contribution in [0.1, 0.15) is 11.5 Å². The Bertz CT molecular complexity index is 724. The van der Waals surface area contributed by atoms with Crippen LogP contribution in [-0.2, 0) is 6.42 Å². The standard InChI is InChI=1S/C14H11BrN4O/c15-10-5-6-12(17-8-10)14-18-13(20-19-14)7-9-3-1-2-4-11(9)16/h1-6,8H,7,16H2. The lowest BCUT2D eigenvalue weighted by Crippen LogP contribution is -1.95. The van der Waals surface area contributed by atoms with Crippen molar-refractivity contribution >= 4 is 21.6 Å². The van der Waals surface area contributed by atoms with Crippen molar-refractivity contribution in [1.29, 1.82) is 0 Å². The lowest BCUT2D eigenvalue weighted by Gasteiger charge is -2.00. The molecule has 3 rings (SSSR count). The highest BCUT2D eigenvalue weighted by Crippen LogP contribution is 2.19. The number of rotatable bonds is 3. The topological polar surface area (TPSA) is 77.8 Å². The average molecular weight is 331 g/mol. The van der Waals surface area contributed by atoms with Crippen molar-refractivity contribution in [2.45, 2.75) is 6.42 Å². The number of halogens is 1. The smallest absolute Gasteiger partial charge is 0.231 e. The van der Waals surface area contributed by atoms with Gasteiger partial charge in [0, 0.05) is 16.4 Å². The van der Waals surface area contributed by atoms with Crippen LogP contribution in [-0.4, -0.2) is 15.1 Å². The summed E-state index contributed by atoms with van der Waals surface area (Å²) in [4.78, 5) is 8.57. The Balaban J connectivity index is 1.84. The minimum atomic E-state index is 0.474. The predicted molar refractivity (Wildman–Crippen MR) is 78.9 cm³/mol. The van der Waals surface area contributed by atoms with E-state index in [-0.39, 0.29) is 0 Å². The van der Waals surface area contributed by atoms with Crippen molar-refractivity contribution in [3.63, 3.8) is 0 Å². The van der Waals surface area contributed by atoms with Crippen LogP contribution in [0.15, 0.2) is 51.6 Å². The molecule has 1 aromatic carbocycles. The van der Waals surface area contributed by atoms with Crippen molar-refractivity contribution in [2.75, 3.05) is 5.73 Å². The van der Waals surface area contributed by atoms with Gasteiger partial charge in [-0.05, 0) is 39.7 Å². The van der Waals surface area contributed by atoms with Crippen LogP contribution in [0.4, 0.5) is 5.69 Å². The molecule has 0 saturated carbocycles. The van der Waals surface area contributed by atoms with Crippen molar-refractivity contribution < 1.29 is 4.52 Å². The monoisotopic (exact) mass is 330 g/mol. The zero-order valence-electron chi connectivity index (χ0n) is 10.5. The Kier molecular flexibility index (Phi) is 3.47. The van der Waals surface area contributed by atoms with Gasteiger partial charge < -0.3 is 10.3 Å². The molecular weight excluding hydrogens is 320 g/mol. The van der Waals surface area contributed by atoms with Crippen molar-refractivity contribution in [3.05, 3.63) is 58.5 Å². The van der Waals surface area contributed by atoms with Gasteiger partial charge in [0.05, 0.1) is 6.42 Å². The van der Waals surface area contributed by atoms with E-state index in [1.54, 1.807) is 6.20 Å². The molecular formula is C14H11BrN4O. The van der Waals surface area contributed by atoms with Crippen LogP contribution >= 0.6 is 15.9 Å². The number of anilines is 1. The average Bonchev–Trinajstić information content (AvgIpc) is 2.91. The molecule has 0 bridgehead atoms. The molecule has 3 aromatic rings. The molecule has 2 aromatic heterocycles. The summed E-state index contributed by atoms with van der Waals surface area (Å²) in [5.41, 5.74) is 8.25. The predicted octanol–water partition coefficient (Wildman–Crippen LogP) is 3.07. The zero-order valence-corrected chi connectivity index (χ0v) is 12.0. The summed E-state index contributed by atoms with van der Waals surface area (Å²) in [6.45, 7) is 0. The Hall–Kier alpha value is -2.21. The van der Waals surface area contributed by atoms with Crippen molar-refractivity contribution in [3.8, 4) is 11.5 Å². The fourth-order valence-electron chi connectivity index (χ4n) is 1.80. The van der Waals surface area contributed by atoms with Crippen molar-refractivity contribution in [2.24, 2.45) is 0 Å². The number of pyridine rings is 1. The first-order valence-corrected chi connectivity index (χ1v) is 6.79. The van der Waals surface area contributed by atoms with Crippen LogP contribution in [0.2, 0.25) is 0 Å². The number of benzene rings is 1. The van der Waals surface area contributed by atoms with Crippen LogP contribution in [0, 0.1) is 0 Å². The molecule has 2 heterocycles. The van der Waals surface area contributed by atoms with E-state index in [0.717, 1.165) is 10.0 Å². The second-order valence-electron chi connectivity index (χ2n) is 4.25. The molecule has 0 saturated heterocycles. The molecule has 0 spiro atoms. The minimum absolute atomic E-state index is 0.474. The van der Waals surface area contributed by atoms with Crippen LogP contribution < -0.4 is 5.73 Å². The van der Waals surface area contributed by atoms with Gasteiger partial charge in [-0.1, -0.05) is 23.4 Å². The molecule has 0 unspecified atom stereocenters. The van der Waals surface area contributed by atoms with Crippen LogP contribution in [0.25, 0.3) is 11.5 Å². The van der Waals surface area contributed by atoms with Gasteiger partial charge in [-0.2, -0.15) is 4.98 Å². The Morgan fingerprint density at radius 1 is 1.15 bits per heavy atom. The largest absolute Gasteiger partial charge is 0.398 e. The van der Waals surface area contributed by atoms with Gasteiger partial charge in [0.15, 0.2) is 0 Å². The highest BCUT2D eigenvalue weighted by molar-refractivity contribution is 9.10. The van der Waals surface area contributed by atoms with Crippen LogP contribution in [0.5, 0.6) is 0 Å². The maximum Gasteiger partial charge on any atom is 0.231 e. The molecule has 2 N–H and O–H groups in total. The van der Waals surface area contributed by atoms with Gasteiger partial charge in [-0.15, -0.1) is 0 Å². The molecule has 100 valence electrons. The minimum Gasteiger partial charge on any atom is -0.398 e. The maximum atomic E-state index is 5.90. The third kappa shape index (κ3) is 2.70. The summed E-state index contributed by atoms with van der Waals surface area (Å²) in [6.07, 6.45) is 2.21. The fraction of sp³-hybridized carbons (Fsp3) is 0.0714. The lowest BCUT2D eigenvalue weighted by atomic mass is 10.1. The highest BCUT2D eigenvalue weighted by atomic mass is 79.9. The van der Waals surface area contributed by atoms with E-state index in [2.05, 4.69) is 31.1 Å². The summed E-state index contributed by atoms with van der Waals surface area (Å²) in [7, 11) is 0.